The van der Waals surface area contributed by atoms with Gasteiger partial charge in [0.05, 0.1) is 29.7 Å². The number of ether oxygens (including phenoxy) is 2. The lowest BCUT2D eigenvalue weighted by Crippen LogP contribution is -2.65. The van der Waals surface area contributed by atoms with Crippen LogP contribution in [0.4, 0.5) is 0 Å². The monoisotopic (exact) mass is 339 g/mol. The lowest BCUT2D eigenvalue weighted by Gasteiger charge is -2.53. The molecule has 2 aromatic rings. The molecule has 1 atom stereocenters. The molecule has 0 aliphatic carbocycles. The zero-order valence-electron chi connectivity index (χ0n) is 14.7. The Labute approximate surface area is 149 Å². The number of pyridine rings is 2. The number of nitrogens with zero attached hydrogens (tertiary/aromatic N) is 3. The number of aryl methyl sites for hydroxylation is 1. The number of hydrogen-bond acceptors (Lipinski definition) is 5. The third kappa shape index (κ3) is 4.06. The summed E-state index contributed by atoms with van der Waals surface area (Å²) < 4.78 is 12.2. The summed E-state index contributed by atoms with van der Waals surface area (Å²) in [5, 5.41) is 0. The smallest absolute Gasteiger partial charge is 0.0959 e. The maximum absolute atomic E-state index is 6.14. The summed E-state index contributed by atoms with van der Waals surface area (Å²) in [7, 11) is 0. The van der Waals surface area contributed by atoms with Gasteiger partial charge < -0.3 is 9.47 Å². The molecule has 0 aromatic carbocycles. The van der Waals surface area contributed by atoms with Crippen molar-refractivity contribution in [1.29, 1.82) is 0 Å². The van der Waals surface area contributed by atoms with Gasteiger partial charge in [-0.05, 0) is 37.6 Å². The number of aromatic nitrogens is 2. The van der Waals surface area contributed by atoms with Gasteiger partial charge >= 0.3 is 0 Å². The van der Waals surface area contributed by atoms with Gasteiger partial charge in [0.2, 0.25) is 0 Å². The number of hydrogen-bond donors (Lipinski definition) is 0. The van der Waals surface area contributed by atoms with Crippen molar-refractivity contribution in [2.24, 2.45) is 0 Å². The minimum absolute atomic E-state index is 0.0300. The fraction of sp³-hybridized carbons (Fsp3) is 0.500. The Balaban J connectivity index is 1.27. The third-order valence-electron chi connectivity index (χ3n) is 5.00. The van der Waals surface area contributed by atoms with Crippen molar-refractivity contribution in [2.75, 3.05) is 19.7 Å². The van der Waals surface area contributed by atoms with E-state index in [1.165, 1.54) is 0 Å². The summed E-state index contributed by atoms with van der Waals surface area (Å²) in [5.74, 6) is 0. The second-order valence-corrected chi connectivity index (χ2v) is 7.19. The molecular formula is C20H25N3O2. The molecule has 2 aliphatic heterocycles. The van der Waals surface area contributed by atoms with Gasteiger partial charge in [-0.15, -0.1) is 0 Å². The van der Waals surface area contributed by atoms with Gasteiger partial charge in [0.15, 0.2) is 0 Å². The standard InChI is InChI=1S/C20H25N3O2/c1-16-5-4-7-18(22-16)13-24-19-8-10-25-20(11-19)14-23(15-20)12-17-6-2-3-9-21-17/h2-7,9,19H,8,10-15H2,1H3/t19-/m0/s1. The van der Waals surface area contributed by atoms with Gasteiger partial charge in [-0.25, -0.2) is 0 Å². The SMILES string of the molecule is Cc1cccc(CO[C@H]2CCOC3(C2)CN(Cc2ccccn2)C3)n1. The zero-order chi connectivity index (χ0) is 17.1. The van der Waals surface area contributed by atoms with Crippen molar-refractivity contribution in [3.05, 3.63) is 59.7 Å². The fourth-order valence-corrected chi connectivity index (χ4v) is 3.83. The van der Waals surface area contributed by atoms with Gasteiger partial charge in [0.1, 0.15) is 0 Å². The normalized spacial score (nSPS) is 22.7. The van der Waals surface area contributed by atoms with Crippen molar-refractivity contribution in [3.63, 3.8) is 0 Å². The van der Waals surface area contributed by atoms with E-state index in [0.717, 1.165) is 56.2 Å². The molecule has 0 unspecified atom stereocenters. The molecule has 0 bridgehead atoms. The van der Waals surface area contributed by atoms with Crippen LogP contribution in [0.1, 0.15) is 29.9 Å². The number of rotatable bonds is 5. The first kappa shape index (κ1) is 16.6. The van der Waals surface area contributed by atoms with Gasteiger partial charge in [-0.1, -0.05) is 12.1 Å². The van der Waals surface area contributed by atoms with E-state index in [4.69, 9.17) is 9.47 Å². The third-order valence-corrected chi connectivity index (χ3v) is 5.00. The summed E-state index contributed by atoms with van der Waals surface area (Å²) in [5.41, 5.74) is 3.13. The van der Waals surface area contributed by atoms with Crippen LogP contribution in [0.5, 0.6) is 0 Å². The molecule has 2 fully saturated rings. The second-order valence-electron chi connectivity index (χ2n) is 7.19. The molecule has 2 aromatic heterocycles. The molecule has 2 saturated heterocycles. The van der Waals surface area contributed by atoms with Crippen LogP contribution < -0.4 is 0 Å². The Morgan fingerprint density at radius 2 is 2.08 bits per heavy atom. The Hall–Kier alpha value is -1.82. The lowest BCUT2D eigenvalue weighted by atomic mass is 9.84. The Bertz CT molecular complexity index is 701. The minimum Gasteiger partial charge on any atom is -0.372 e. The highest BCUT2D eigenvalue weighted by Gasteiger charge is 2.47. The molecule has 5 heteroatoms. The molecule has 1 spiro atoms. The van der Waals surface area contributed by atoms with Crippen LogP contribution in [0.25, 0.3) is 0 Å². The molecular weight excluding hydrogens is 314 g/mol. The highest BCUT2D eigenvalue weighted by molar-refractivity contribution is 5.10. The molecule has 2 aliphatic rings. The molecule has 0 amide bonds. The quantitative estimate of drug-likeness (QED) is 0.838. The summed E-state index contributed by atoms with van der Waals surface area (Å²) in [4.78, 5) is 11.3. The van der Waals surface area contributed by atoms with Crippen LogP contribution in [0.3, 0.4) is 0 Å². The van der Waals surface area contributed by atoms with Crippen molar-refractivity contribution in [3.8, 4) is 0 Å². The van der Waals surface area contributed by atoms with Crippen LogP contribution in [0, 0.1) is 6.92 Å². The lowest BCUT2D eigenvalue weighted by molar-refractivity contribution is -0.200. The summed E-state index contributed by atoms with van der Waals surface area (Å²) in [6.45, 7) is 6.20. The minimum atomic E-state index is -0.0300. The summed E-state index contributed by atoms with van der Waals surface area (Å²) in [6, 6.07) is 12.1. The first-order valence-corrected chi connectivity index (χ1v) is 9.01. The van der Waals surface area contributed by atoms with Crippen LogP contribution in [-0.2, 0) is 22.6 Å². The number of likely N-dealkylation sites (tertiary alicyclic amines) is 1. The Morgan fingerprint density at radius 1 is 1.20 bits per heavy atom. The van der Waals surface area contributed by atoms with Crippen LogP contribution in [-0.4, -0.2) is 46.3 Å². The van der Waals surface area contributed by atoms with E-state index >= 15 is 0 Å². The van der Waals surface area contributed by atoms with Crippen molar-refractivity contribution < 1.29 is 9.47 Å². The Morgan fingerprint density at radius 3 is 2.88 bits per heavy atom. The predicted molar refractivity (Wildman–Crippen MR) is 95.0 cm³/mol. The molecule has 4 heterocycles. The second kappa shape index (κ2) is 7.20. The zero-order valence-corrected chi connectivity index (χ0v) is 14.7. The Kier molecular flexibility index (Phi) is 4.79. The highest BCUT2D eigenvalue weighted by atomic mass is 16.5. The average Bonchev–Trinajstić information content (AvgIpc) is 2.60. The van der Waals surface area contributed by atoms with E-state index in [1.54, 1.807) is 0 Å². The van der Waals surface area contributed by atoms with Crippen LogP contribution in [0.15, 0.2) is 42.6 Å². The first-order valence-electron chi connectivity index (χ1n) is 9.01. The largest absolute Gasteiger partial charge is 0.372 e. The molecule has 0 saturated carbocycles. The van der Waals surface area contributed by atoms with Crippen molar-refractivity contribution >= 4 is 0 Å². The van der Waals surface area contributed by atoms with E-state index in [9.17, 15) is 0 Å². The van der Waals surface area contributed by atoms with Gasteiger partial charge in [-0.2, -0.15) is 0 Å². The predicted octanol–water partition coefficient (Wildman–Crippen LogP) is 2.74. The molecule has 5 nitrogen and oxygen atoms in total. The summed E-state index contributed by atoms with van der Waals surface area (Å²) in [6.07, 6.45) is 4.05. The molecule has 25 heavy (non-hydrogen) atoms. The van der Waals surface area contributed by atoms with E-state index in [2.05, 4.69) is 20.9 Å². The van der Waals surface area contributed by atoms with Crippen molar-refractivity contribution in [1.82, 2.24) is 14.9 Å². The highest BCUT2D eigenvalue weighted by Crippen LogP contribution is 2.36. The van der Waals surface area contributed by atoms with E-state index < -0.39 is 0 Å². The molecule has 0 N–H and O–H groups in total. The van der Waals surface area contributed by atoms with Crippen LogP contribution >= 0.6 is 0 Å². The fourth-order valence-electron chi connectivity index (χ4n) is 3.83. The van der Waals surface area contributed by atoms with Gasteiger partial charge in [0.25, 0.3) is 0 Å². The van der Waals surface area contributed by atoms with Crippen LogP contribution in [0.2, 0.25) is 0 Å². The van der Waals surface area contributed by atoms with E-state index in [0.29, 0.717) is 6.61 Å². The van der Waals surface area contributed by atoms with Crippen molar-refractivity contribution in [2.45, 2.75) is 44.6 Å². The van der Waals surface area contributed by atoms with E-state index in [-0.39, 0.29) is 11.7 Å². The van der Waals surface area contributed by atoms with Gasteiger partial charge in [-0.3, -0.25) is 14.9 Å². The average molecular weight is 339 g/mol. The maximum atomic E-state index is 6.14. The topological polar surface area (TPSA) is 47.5 Å². The van der Waals surface area contributed by atoms with Gasteiger partial charge in [0, 0.05) is 44.6 Å². The molecule has 132 valence electrons. The summed E-state index contributed by atoms with van der Waals surface area (Å²) >= 11 is 0. The maximum Gasteiger partial charge on any atom is 0.0959 e. The molecule has 4 rings (SSSR count). The first-order chi connectivity index (χ1) is 12.2. The van der Waals surface area contributed by atoms with E-state index in [1.807, 2.05) is 43.5 Å². The molecule has 0 radical (unpaired) electrons.